The Hall–Kier alpha value is -3.00. The fourth-order valence-corrected chi connectivity index (χ4v) is 6.28. The second kappa shape index (κ2) is 12.0. The Kier molecular flexibility index (Phi) is 8.50. The molecule has 0 aromatic heterocycles. The van der Waals surface area contributed by atoms with Gasteiger partial charge in [-0.25, -0.2) is 0 Å². The zero-order valence-corrected chi connectivity index (χ0v) is 23.3. The lowest BCUT2D eigenvalue weighted by Crippen LogP contribution is -2.44. The average Bonchev–Trinajstić information content (AvgIpc) is 3.27. The van der Waals surface area contributed by atoms with E-state index in [1.165, 1.54) is 0 Å². The Morgan fingerprint density at radius 1 is 1.08 bits per heavy atom. The Balaban J connectivity index is 0.00000308. The standard InChI is InChI=1S/C31H36N2O5.ClH/c1-36-26-8-9-27-22(6-4-7-23(27)14-26)13-25(34)19-32-11-3-2-5-21(17-32)18-33-12-10-24-15-29-30(38-20-37-29)16-28(24)31(33)35;/h4,6-9,14-16,21,25,34H,2-3,5,10-13,17-20H2,1H3;1H. The van der Waals surface area contributed by atoms with Gasteiger partial charge in [-0.15, -0.1) is 12.4 Å². The molecule has 6 rings (SSSR count). The maximum atomic E-state index is 13.4. The van der Waals surface area contributed by atoms with Crippen LogP contribution in [0.2, 0.25) is 0 Å². The smallest absolute Gasteiger partial charge is 0.254 e. The van der Waals surface area contributed by atoms with Crippen molar-refractivity contribution in [1.82, 2.24) is 9.80 Å². The topological polar surface area (TPSA) is 71.5 Å². The molecule has 7 nitrogen and oxygen atoms in total. The van der Waals surface area contributed by atoms with Crippen molar-refractivity contribution in [3.63, 3.8) is 0 Å². The van der Waals surface area contributed by atoms with E-state index in [1.807, 2.05) is 35.2 Å². The highest BCUT2D eigenvalue weighted by Gasteiger charge is 2.30. The largest absolute Gasteiger partial charge is 0.497 e. The second-order valence-electron chi connectivity index (χ2n) is 10.8. The number of carbonyl (C=O) groups excluding carboxylic acids is 1. The Labute approximate surface area is 236 Å². The van der Waals surface area contributed by atoms with Crippen molar-refractivity contribution in [1.29, 1.82) is 0 Å². The molecule has 3 heterocycles. The van der Waals surface area contributed by atoms with Crippen molar-refractivity contribution in [2.24, 2.45) is 5.92 Å². The van der Waals surface area contributed by atoms with Gasteiger partial charge in [0.2, 0.25) is 6.79 Å². The summed E-state index contributed by atoms with van der Waals surface area (Å²) in [4.78, 5) is 17.8. The number of hydrogen-bond donors (Lipinski definition) is 1. The third-order valence-electron chi connectivity index (χ3n) is 8.20. The Morgan fingerprint density at radius 2 is 1.92 bits per heavy atom. The van der Waals surface area contributed by atoms with Crippen LogP contribution in [0.4, 0.5) is 0 Å². The number of aliphatic hydroxyl groups excluding tert-OH is 1. The van der Waals surface area contributed by atoms with Crippen LogP contribution in [0.15, 0.2) is 48.5 Å². The molecular formula is C31H37ClN2O5. The molecular weight excluding hydrogens is 516 g/mol. The number of amides is 1. The molecule has 0 spiro atoms. The summed E-state index contributed by atoms with van der Waals surface area (Å²) >= 11 is 0. The van der Waals surface area contributed by atoms with Crippen molar-refractivity contribution >= 4 is 29.1 Å². The lowest BCUT2D eigenvalue weighted by Gasteiger charge is -2.33. The highest BCUT2D eigenvalue weighted by atomic mass is 35.5. The van der Waals surface area contributed by atoms with E-state index in [1.54, 1.807) is 7.11 Å². The highest BCUT2D eigenvalue weighted by molar-refractivity contribution is 5.97. The van der Waals surface area contributed by atoms with E-state index in [2.05, 4.69) is 23.1 Å². The van der Waals surface area contributed by atoms with Gasteiger partial charge < -0.3 is 29.1 Å². The molecule has 3 aromatic carbocycles. The Bertz CT molecular complexity index is 1330. The molecule has 2 unspecified atom stereocenters. The van der Waals surface area contributed by atoms with E-state index in [4.69, 9.17) is 14.2 Å². The zero-order valence-electron chi connectivity index (χ0n) is 22.4. The summed E-state index contributed by atoms with van der Waals surface area (Å²) in [7, 11) is 1.68. The molecule has 0 aliphatic carbocycles. The molecule has 0 saturated carbocycles. The van der Waals surface area contributed by atoms with Gasteiger partial charge in [-0.05, 0) is 77.9 Å². The number of nitrogens with zero attached hydrogens (tertiary/aromatic N) is 2. The van der Waals surface area contributed by atoms with Gasteiger partial charge in [0.05, 0.1) is 13.2 Å². The van der Waals surface area contributed by atoms with Crippen LogP contribution < -0.4 is 14.2 Å². The number of likely N-dealkylation sites (tertiary alicyclic amines) is 1. The molecule has 208 valence electrons. The fraction of sp³-hybridized carbons (Fsp3) is 0.452. The summed E-state index contributed by atoms with van der Waals surface area (Å²) in [5, 5.41) is 13.4. The van der Waals surface area contributed by atoms with Crippen molar-refractivity contribution in [3.05, 3.63) is 65.2 Å². The van der Waals surface area contributed by atoms with Crippen LogP contribution >= 0.6 is 12.4 Å². The van der Waals surface area contributed by atoms with Crippen molar-refractivity contribution in [2.75, 3.05) is 46.6 Å². The number of halogens is 1. The van der Waals surface area contributed by atoms with Crippen molar-refractivity contribution < 1.29 is 24.1 Å². The molecule has 3 aromatic rings. The number of ether oxygens (including phenoxy) is 3. The lowest BCUT2D eigenvalue weighted by atomic mass is 9.95. The predicted octanol–water partition coefficient (Wildman–Crippen LogP) is 4.70. The summed E-state index contributed by atoms with van der Waals surface area (Å²) in [6.07, 6.45) is 4.38. The maximum absolute atomic E-state index is 13.4. The van der Waals surface area contributed by atoms with Crippen LogP contribution in [0.5, 0.6) is 17.2 Å². The van der Waals surface area contributed by atoms with Gasteiger partial charge in [0.1, 0.15) is 5.75 Å². The molecule has 1 amide bonds. The van der Waals surface area contributed by atoms with Crippen LogP contribution in [0.1, 0.15) is 40.7 Å². The summed E-state index contributed by atoms with van der Waals surface area (Å²) in [5.41, 5.74) is 2.95. The van der Waals surface area contributed by atoms with E-state index in [0.717, 1.165) is 90.8 Å². The van der Waals surface area contributed by atoms with Crippen molar-refractivity contribution in [3.8, 4) is 17.2 Å². The number of β-amino-alcohol motifs (C(OH)–C–C–N with tert-alkyl or cyclic N) is 1. The van der Waals surface area contributed by atoms with Crippen LogP contribution in [0.3, 0.4) is 0 Å². The lowest BCUT2D eigenvalue weighted by molar-refractivity contribution is 0.0672. The van der Waals surface area contributed by atoms with E-state index < -0.39 is 6.10 Å². The molecule has 3 aliphatic rings. The SMILES string of the molecule is COc1ccc2c(CC(O)CN3CCCCC(CN4CCc5cc6c(cc5C4=O)OCO6)C3)cccc2c1.Cl. The first-order chi connectivity index (χ1) is 18.6. The predicted molar refractivity (Wildman–Crippen MR) is 153 cm³/mol. The molecule has 0 radical (unpaired) electrons. The molecule has 0 bridgehead atoms. The third-order valence-corrected chi connectivity index (χ3v) is 8.20. The van der Waals surface area contributed by atoms with Crippen LogP contribution in [-0.4, -0.2) is 73.5 Å². The number of methoxy groups -OCH3 is 1. The Morgan fingerprint density at radius 3 is 2.77 bits per heavy atom. The van der Waals surface area contributed by atoms with Gasteiger partial charge in [-0.2, -0.15) is 0 Å². The fourth-order valence-electron chi connectivity index (χ4n) is 6.28. The molecule has 1 saturated heterocycles. The molecule has 1 fully saturated rings. The van der Waals surface area contributed by atoms with Gasteiger partial charge in [-0.3, -0.25) is 4.79 Å². The monoisotopic (exact) mass is 552 g/mol. The van der Waals surface area contributed by atoms with Crippen LogP contribution in [0.25, 0.3) is 10.8 Å². The minimum Gasteiger partial charge on any atom is -0.497 e. The molecule has 39 heavy (non-hydrogen) atoms. The molecule has 1 N–H and O–H groups in total. The van der Waals surface area contributed by atoms with Crippen molar-refractivity contribution in [2.45, 2.75) is 38.2 Å². The van der Waals surface area contributed by atoms with Gasteiger partial charge in [0.25, 0.3) is 5.91 Å². The minimum atomic E-state index is -0.450. The third kappa shape index (κ3) is 5.96. The number of rotatable bonds is 7. The number of carbonyl (C=O) groups is 1. The first-order valence-electron chi connectivity index (χ1n) is 13.8. The van der Waals surface area contributed by atoms with Gasteiger partial charge in [0.15, 0.2) is 11.5 Å². The van der Waals surface area contributed by atoms with E-state index in [-0.39, 0.29) is 25.1 Å². The molecule has 3 aliphatic heterocycles. The average molecular weight is 553 g/mol. The quantitative estimate of drug-likeness (QED) is 0.458. The summed E-state index contributed by atoms with van der Waals surface area (Å²) in [5.74, 6) is 2.74. The highest BCUT2D eigenvalue weighted by Crippen LogP contribution is 2.37. The van der Waals surface area contributed by atoms with Gasteiger partial charge in [-0.1, -0.05) is 30.7 Å². The molecule has 8 heteroatoms. The first-order valence-corrected chi connectivity index (χ1v) is 13.8. The van der Waals surface area contributed by atoms with Crippen LogP contribution in [-0.2, 0) is 12.8 Å². The van der Waals surface area contributed by atoms with Gasteiger partial charge in [0, 0.05) is 38.2 Å². The van der Waals surface area contributed by atoms with Crippen LogP contribution in [0, 0.1) is 5.92 Å². The summed E-state index contributed by atoms with van der Waals surface area (Å²) in [6.45, 7) is 4.24. The number of benzene rings is 3. The zero-order chi connectivity index (χ0) is 26.1. The van der Waals surface area contributed by atoms with E-state index in [9.17, 15) is 9.90 Å². The van der Waals surface area contributed by atoms with E-state index >= 15 is 0 Å². The molecule has 2 atom stereocenters. The number of aliphatic hydroxyl groups is 1. The summed E-state index contributed by atoms with van der Waals surface area (Å²) in [6, 6.07) is 16.2. The maximum Gasteiger partial charge on any atom is 0.254 e. The second-order valence-corrected chi connectivity index (χ2v) is 10.8. The van der Waals surface area contributed by atoms with E-state index in [0.29, 0.717) is 24.6 Å². The number of hydrogen-bond acceptors (Lipinski definition) is 6. The first kappa shape index (κ1) is 27.6. The van der Waals surface area contributed by atoms with Gasteiger partial charge >= 0.3 is 0 Å². The number of fused-ring (bicyclic) bond motifs is 3. The summed E-state index contributed by atoms with van der Waals surface area (Å²) < 4.78 is 16.4. The normalized spacial score (nSPS) is 19.8. The minimum absolute atomic E-state index is 0.